The molecule has 0 radical (unpaired) electrons. The number of fused-ring (bicyclic) bond motifs is 1. The predicted octanol–water partition coefficient (Wildman–Crippen LogP) is 6.84. The smallest absolute Gasteiger partial charge is 0.303 e. The van der Waals surface area contributed by atoms with Crippen molar-refractivity contribution in [2.24, 2.45) is 0 Å². The summed E-state index contributed by atoms with van der Waals surface area (Å²) in [6.07, 6.45) is 10.3. The number of carboxylic acids is 1. The molecule has 5 nitrogen and oxygen atoms in total. The number of carboxylic acid groups (broad SMARTS) is 1. The van der Waals surface area contributed by atoms with Crippen LogP contribution < -0.4 is 4.74 Å². The van der Waals surface area contributed by atoms with E-state index in [1.54, 1.807) is 6.20 Å². The van der Waals surface area contributed by atoms with Gasteiger partial charge < -0.3 is 14.4 Å². The molecular weight excluding hydrogens is 472 g/mol. The van der Waals surface area contributed by atoms with Crippen LogP contribution in [0.3, 0.4) is 0 Å². The number of pyridine rings is 1. The summed E-state index contributed by atoms with van der Waals surface area (Å²) >= 11 is 0. The summed E-state index contributed by atoms with van der Waals surface area (Å²) in [5, 5.41) is 10.3. The van der Waals surface area contributed by atoms with Gasteiger partial charge in [-0.15, -0.1) is 0 Å². The van der Waals surface area contributed by atoms with E-state index in [-0.39, 0.29) is 6.42 Å². The van der Waals surface area contributed by atoms with Crippen molar-refractivity contribution in [3.8, 4) is 11.4 Å². The molecule has 5 aromatic rings. The highest BCUT2D eigenvalue weighted by molar-refractivity contribution is 5.86. The van der Waals surface area contributed by atoms with Crippen LogP contribution >= 0.6 is 0 Å². The number of nitrogens with zero attached hydrogens (tertiary/aromatic N) is 2. The Labute approximate surface area is 223 Å². The fraction of sp³-hybridized carbons (Fsp3) is 0.212. The fourth-order valence-electron chi connectivity index (χ4n) is 4.80. The zero-order valence-corrected chi connectivity index (χ0v) is 21.4. The minimum atomic E-state index is -0.772. The highest BCUT2D eigenvalue weighted by Gasteiger charge is 2.12. The molecule has 5 rings (SSSR count). The van der Waals surface area contributed by atoms with Gasteiger partial charge in [0.15, 0.2) is 0 Å². The Balaban J connectivity index is 1.32. The summed E-state index contributed by atoms with van der Waals surface area (Å²) in [4.78, 5) is 15.3. The third-order valence-electron chi connectivity index (χ3n) is 6.82. The number of ether oxygens (including phenoxy) is 1. The van der Waals surface area contributed by atoms with Crippen molar-refractivity contribution >= 4 is 16.9 Å². The Morgan fingerprint density at radius 2 is 1.63 bits per heavy atom. The molecule has 1 N–H and O–H groups in total. The van der Waals surface area contributed by atoms with Gasteiger partial charge in [-0.05, 0) is 96.8 Å². The molecule has 0 atom stereocenters. The lowest BCUT2D eigenvalue weighted by Crippen LogP contribution is -2.00. The first-order valence-corrected chi connectivity index (χ1v) is 13.2. The van der Waals surface area contributed by atoms with Gasteiger partial charge in [-0.1, -0.05) is 42.5 Å². The van der Waals surface area contributed by atoms with Crippen molar-refractivity contribution in [1.82, 2.24) is 9.55 Å². The first-order valence-electron chi connectivity index (χ1n) is 13.2. The molecule has 0 spiro atoms. The van der Waals surface area contributed by atoms with Crippen molar-refractivity contribution in [3.05, 3.63) is 126 Å². The number of rotatable bonds is 12. The molecule has 0 saturated carbocycles. The van der Waals surface area contributed by atoms with E-state index in [0.717, 1.165) is 48.2 Å². The van der Waals surface area contributed by atoms with Gasteiger partial charge in [-0.3, -0.25) is 9.78 Å². The third kappa shape index (κ3) is 6.48. The normalized spacial score (nSPS) is 11.1. The van der Waals surface area contributed by atoms with Crippen LogP contribution in [-0.4, -0.2) is 27.2 Å². The van der Waals surface area contributed by atoms with Gasteiger partial charge in [0.1, 0.15) is 5.75 Å². The molecule has 38 heavy (non-hydrogen) atoms. The Morgan fingerprint density at radius 3 is 2.39 bits per heavy atom. The van der Waals surface area contributed by atoms with Crippen molar-refractivity contribution in [2.45, 2.75) is 38.5 Å². The molecule has 0 saturated heterocycles. The van der Waals surface area contributed by atoms with E-state index in [1.165, 1.54) is 22.1 Å². The lowest BCUT2D eigenvalue weighted by atomic mass is 10.0. The van der Waals surface area contributed by atoms with E-state index >= 15 is 0 Å². The number of carbonyl (C=O) groups is 1. The Kier molecular flexibility index (Phi) is 8.14. The van der Waals surface area contributed by atoms with Gasteiger partial charge >= 0.3 is 5.97 Å². The SMILES string of the molecule is O=C(O)CCc1ccc2c(c1)c(CCc1ccccc1)cn2-c1ccc(OCCCc2cccnc2)cc1. The summed E-state index contributed by atoms with van der Waals surface area (Å²) in [5.74, 6) is 0.0861. The van der Waals surface area contributed by atoms with Gasteiger partial charge in [-0.2, -0.15) is 0 Å². The van der Waals surface area contributed by atoms with Gasteiger partial charge in [0.25, 0.3) is 0 Å². The molecule has 0 unspecified atom stereocenters. The van der Waals surface area contributed by atoms with Crippen LogP contribution in [0.4, 0.5) is 0 Å². The molecular formula is C33H32N2O3. The van der Waals surface area contributed by atoms with Gasteiger partial charge in [0.05, 0.1) is 12.1 Å². The topological polar surface area (TPSA) is 64.3 Å². The van der Waals surface area contributed by atoms with Gasteiger partial charge in [0.2, 0.25) is 0 Å². The quantitative estimate of drug-likeness (QED) is 0.189. The Morgan fingerprint density at radius 1 is 0.816 bits per heavy atom. The van der Waals surface area contributed by atoms with E-state index < -0.39 is 5.97 Å². The standard InChI is InChI=1S/C33H32N2O3/c36-33(37)19-12-26-11-18-32-31(22-26)28(13-10-25-6-2-1-3-7-25)24-35(32)29-14-16-30(17-15-29)38-21-5-9-27-8-4-20-34-23-27/h1-4,6-8,11,14-18,20,22-24H,5,9-10,12-13,19,21H2,(H,36,37). The second-order valence-electron chi connectivity index (χ2n) is 9.56. The second kappa shape index (κ2) is 12.2. The third-order valence-corrected chi connectivity index (χ3v) is 6.82. The highest BCUT2D eigenvalue weighted by Crippen LogP contribution is 2.29. The maximum Gasteiger partial charge on any atom is 0.303 e. The van der Waals surface area contributed by atoms with Gasteiger partial charge in [-0.25, -0.2) is 0 Å². The first-order chi connectivity index (χ1) is 18.7. The minimum absolute atomic E-state index is 0.134. The van der Waals surface area contributed by atoms with Crippen LogP contribution in [0, 0.1) is 0 Å². The van der Waals surface area contributed by atoms with E-state index in [4.69, 9.17) is 9.84 Å². The van der Waals surface area contributed by atoms with Crippen LogP contribution in [0.1, 0.15) is 35.1 Å². The van der Waals surface area contributed by atoms with Crippen LogP contribution in [0.15, 0.2) is 104 Å². The monoisotopic (exact) mass is 504 g/mol. The molecule has 0 aliphatic carbocycles. The molecule has 5 heteroatoms. The maximum atomic E-state index is 11.1. The number of aliphatic carboxylic acids is 1. The largest absolute Gasteiger partial charge is 0.494 e. The number of aryl methyl sites for hydroxylation is 4. The lowest BCUT2D eigenvalue weighted by molar-refractivity contribution is -0.136. The van der Waals surface area contributed by atoms with Crippen LogP contribution in [-0.2, 0) is 30.5 Å². The van der Waals surface area contributed by atoms with E-state index in [0.29, 0.717) is 13.0 Å². The molecule has 192 valence electrons. The van der Waals surface area contributed by atoms with E-state index in [9.17, 15) is 4.79 Å². The zero-order valence-electron chi connectivity index (χ0n) is 21.4. The lowest BCUT2D eigenvalue weighted by Gasteiger charge is -2.09. The Bertz CT molecular complexity index is 1480. The Hall–Kier alpha value is -4.38. The zero-order chi connectivity index (χ0) is 26.2. The first kappa shape index (κ1) is 25.3. The predicted molar refractivity (Wildman–Crippen MR) is 151 cm³/mol. The number of benzene rings is 3. The average Bonchev–Trinajstić information content (AvgIpc) is 3.32. The van der Waals surface area contributed by atoms with Crippen molar-refractivity contribution < 1.29 is 14.6 Å². The summed E-state index contributed by atoms with van der Waals surface area (Å²) in [5.41, 5.74) is 7.03. The van der Waals surface area contributed by atoms with Crippen LogP contribution in [0.2, 0.25) is 0 Å². The molecule has 2 aromatic heterocycles. The maximum absolute atomic E-state index is 11.1. The molecule has 0 aliphatic rings. The van der Waals surface area contributed by atoms with Crippen molar-refractivity contribution in [2.75, 3.05) is 6.61 Å². The summed E-state index contributed by atoms with van der Waals surface area (Å²) in [7, 11) is 0. The summed E-state index contributed by atoms with van der Waals surface area (Å²) in [6, 6.07) is 29.1. The minimum Gasteiger partial charge on any atom is -0.494 e. The number of hydrogen-bond acceptors (Lipinski definition) is 3. The second-order valence-corrected chi connectivity index (χ2v) is 9.56. The molecule has 0 amide bonds. The van der Waals surface area contributed by atoms with E-state index in [1.807, 2.05) is 36.5 Å². The molecule has 0 bridgehead atoms. The fourth-order valence-corrected chi connectivity index (χ4v) is 4.80. The summed E-state index contributed by atoms with van der Waals surface area (Å²) < 4.78 is 8.21. The van der Waals surface area contributed by atoms with Gasteiger partial charge in [0, 0.05) is 36.1 Å². The van der Waals surface area contributed by atoms with Crippen LogP contribution in [0.25, 0.3) is 16.6 Å². The summed E-state index contributed by atoms with van der Waals surface area (Å²) in [6.45, 7) is 0.656. The molecule has 0 fully saturated rings. The average molecular weight is 505 g/mol. The highest BCUT2D eigenvalue weighted by atomic mass is 16.5. The van der Waals surface area contributed by atoms with Crippen molar-refractivity contribution in [3.63, 3.8) is 0 Å². The number of aromatic nitrogens is 2. The van der Waals surface area contributed by atoms with Crippen molar-refractivity contribution in [1.29, 1.82) is 0 Å². The van der Waals surface area contributed by atoms with E-state index in [2.05, 4.69) is 70.3 Å². The molecule has 0 aliphatic heterocycles. The molecule has 2 heterocycles. The molecule has 3 aromatic carbocycles. The number of hydrogen-bond donors (Lipinski definition) is 1. The van der Waals surface area contributed by atoms with Crippen LogP contribution in [0.5, 0.6) is 5.75 Å².